The van der Waals surface area contributed by atoms with E-state index in [0.29, 0.717) is 27.5 Å². The van der Waals surface area contributed by atoms with Gasteiger partial charge in [0.25, 0.3) is 5.78 Å². The Labute approximate surface area is 209 Å². The number of fused-ring (bicyclic) bond motifs is 2. The van der Waals surface area contributed by atoms with Crippen LogP contribution in [0.1, 0.15) is 33.1 Å². The van der Waals surface area contributed by atoms with Gasteiger partial charge in [0.15, 0.2) is 0 Å². The van der Waals surface area contributed by atoms with Crippen LogP contribution in [-0.2, 0) is 9.59 Å². The molecule has 1 saturated heterocycles. The Balaban J connectivity index is 1.58. The van der Waals surface area contributed by atoms with Gasteiger partial charge < -0.3 is 20.2 Å². The van der Waals surface area contributed by atoms with Gasteiger partial charge in [-0.15, -0.1) is 0 Å². The van der Waals surface area contributed by atoms with Crippen molar-refractivity contribution in [1.82, 2.24) is 15.0 Å². The van der Waals surface area contributed by atoms with Crippen molar-refractivity contribution in [2.24, 2.45) is 0 Å². The van der Waals surface area contributed by atoms with Gasteiger partial charge in [-0.1, -0.05) is 48.0 Å². The lowest BCUT2D eigenvalue weighted by molar-refractivity contribution is -0.132. The Kier molecular flexibility index (Phi) is 4.94. The number of aromatic carboxylic acids is 1. The number of rotatable bonds is 4. The summed E-state index contributed by atoms with van der Waals surface area (Å²) in [5, 5.41) is 21.5. The molecule has 0 saturated carbocycles. The number of aromatic nitrogens is 3. The number of carbonyl (C=O) groups excluding carboxylic acids is 2. The minimum absolute atomic E-state index is 0.0549. The van der Waals surface area contributed by atoms with Gasteiger partial charge in [0, 0.05) is 22.7 Å². The highest BCUT2D eigenvalue weighted by atomic mass is 16.4. The van der Waals surface area contributed by atoms with E-state index in [1.807, 2.05) is 49.4 Å². The number of carboxylic acid groups (broad SMARTS) is 1. The van der Waals surface area contributed by atoms with Gasteiger partial charge >= 0.3 is 11.9 Å². The lowest BCUT2D eigenvalue weighted by Crippen LogP contribution is -2.30. The van der Waals surface area contributed by atoms with E-state index in [1.54, 1.807) is 12.3 Å². The average Bonchev–Trinajstić information content (AvgIpc) is 3.57. The van der Waals surface area contributed by atoms with Crippen molar-refractivity contribution in [3.8, 4) is 0 Å². The topological polar surface area (TPSA) is 139 Å². The molecular formula is C28H20N4O5. The summed E-state index contributed by atoms with van der Waals surface area (Å²) >= 11 is 0. The van der Waals surface area contributed by atoms with Crippen molar-refractivity contribution >= 4 is 51.3 Å². The zero-order valence-corrected chi connectivity index (χ0v) is 19.5. The van der Waals surface area contributed by atoms with Crippen molar-refractivity contribution in [2.45, 2.75) is 13.0 Å². The number of aromatic amines is 2. The highest BCUT2D eigenvalue weighted by Gasteiger charge is 2.48. The fourth-order valence-electron chi connectivity index (χ4n) is 4.86. The van der Waals surface area contributed by atoms with E-state index in [4.69, 9.17) is 0 Å². The molecule has 0 aliphatic carbocycles. The number of Topliss-reactive ketones (excluding diaryl/α,β-unsaturated/α-hetero) is 1. The number of imidazole rings is 1. The van der Waals surface area contributed by atoms with Crippen molar-refractivity contribution in [2.75, 3.05) is 4.90 Å². The number of hydrogen-bond donors (Lipinski definition) is 4. The van der Waals surface area contributed by atoms with Crippen LogP contribution in [0, 0.1) is 6.92 Å². The molecule has 1 aliphatic heterocycles. The molecule has 0 bridgehead atoms. The molecule has 5 aromatic rings. The maximum atomic E-state index is 13.5. The molecule has 3 aromatic carbocycles. The van der Waals surface area contributed by atoms with E-state index >= 15 is 0 Å². The number of ketones is 1. The van der Waals surface area contributed by atoms with Crippen molar-refractivity contribution in [3.05, 3.63) is 101 Å². The molecule has 4 N–H and O–H groups in total. The molecule has 3 heterocycles. The number of carbonyl (C=O) groups is 3. The van der Waals surface area contributed by atoms with Gasteiger partial charge in [-0.3, -0.25) is 14.5 Å². The fourth-order valence-corrected chi connectivity index (χ4v) is 4.86. The van der Waals surface area contributed by atoms with Gasteiger partial charge in [-0.25, -0.2) is 9.78 Å². The predicted molar refractivity (Wildman–Crippen MR) is 137 cm³/mol. The van der Waals surface area contributed by atoms with Gasteiger partial charge in [0.05, 0.1) is 28.2 Å². The van der Waals surface area contributed by atoms with E-state index in [-0.39, 0.29) is 22.8 Å². The van der Waals surface area contributed by atoms with Crippen LogP contribution < -0.4 is 4.90 Å². The molecule has 1 unspecified atom stereocenters. The first-order valence-electron chi connectivity index (χ1n) is 11.5. The third-order valence-electron chi connectivity index (χ3n) is 6.59. The lowest BCUT2D eigenvalue weighted by atomic mass is 9.94. The van der Waals surface area contributed by atoms with E-state index < -0.39 is 23.7 Å². The Morgan fingerprint density at radius 2 is 1.78 bits per heavy atom. The minimum Gasteiger partial charge on any atom is -0.507 e. The van der Waals surface area contributed by atoms with Crippen LogP contribution >= 0.6 is 0 Å². The van der Waals surface area contributed by atoms with E-state index in [1.165, 1.54) is 23.1 Å². The quantitative estimate of drug-likeness (QED) is 0.163. The SMILES string of the molecule is Cc1cccc(C2/C(=C(\O)c3c[nH]c4ccccc34)C(=O)C(=O)N2c2nc3ccc(C(=O)O)cc3[nH]2)c1. The number of carboxylic acids is 1. The number of aryl methyl sites for hydroxylation is 1. The molecule has 0 radical (unpaired) electrons. The standard InChI is InChI=1S/C28H20N4O5/c1-14-5-4-6-15(11-14)23-22(24(33)18-13-29-19-8-3-2-7-17(18)19)25(34)26(35)32(23)28-30-20-10-9-16(27(36)37)12-21(20)31-28/h2-13,23,29,33H,1H3,(H,30,31)(H,36,37)/b24-22+. The molecule has 1 amide bonds. The molecule has 6 rings (SSSR count). The zero-order chi connectivity index (χ0) is 25.8. The first kappa shape index (κ1) is 22.3. The molecule has 1 fully saturated rings. The van der Waals surface area contributed by atoms with Crippen molar-refractivity contribution in [1.29, 1.82) is 0 Å². The number of nitrogens with zero attached hydrogens (tertiary/aromatic N) is 2. The average molecular weight is 492 g/mol. The summed E-state index contributed by atoms with van der Waals surface area (Å²) in [6, 6.07) is 18.1. The van der Waals surface area contributed by atoms with Crippen LogP contribution in [0.15, 0.2) is 78.5 Å². The molecule has 182 valence electrons. The second kappa shape index (κ2) is 8.20. The van der Waals surface area contributed by atoms with Crippen LogP contribution in [0.25, 0.3) is 27.7 Å². The maximum absolute atomic E-state index is 13.5. The molecule has 1 aliphatic rings. The first-order valence-corrected chi connectivity index (χ1v) is 11.5. The summed E-state index contributed by atoms with van der Waals surface area (Å²) in [4.78, 5) is 50.1. The number of aliphatic hydroxyl groups is 1. The van der Waals surface area contributed by atoms with Crippen molar-refractivity contribution < 1.29 is 24.6 Å². The van der Waals surface area contributed by atoms with Crippen LogP contribution in [0.2, 0.25) is 0 Å². The third-order valence-corrected chi connectivity index (χ3v) is 6.59. The van der Waals surface area contributed by atoms with E-state index in [2.05, 4.69) is 15.0 Å². The monoisotopic (exact) mass is 492 g/mol. The van der Waals surface area contributed by atoms with Crippen LogP contribution in [-0.4, -0.2) is 42.8 Å². The van der Waals surface area contributed by atoms with Gasteiger partial charge in [-0.2, -0.15) is 0 Å². The number of aliphatic hydroxyl groups excluding tert-OH is 1. The number of amides is 1. The smallest absolute Gasteiger partial charge is 0.335 e. The van der Waals surface area contributed by atoms with E-state index in [0.717, 1.165) is 11.1 Å². The number of para-hydroxylation sites is 1. The molecule has 2 aromatic heterocycles. The molecular weight excluding hydrogens is 472 g/mol. The Bertz CT molecular complexity index is 1790. The Hall–Kier alpha value is -5.18. The number of nitrogens with one attached hydrogen (secondary N) is 2. The first-order chi connectivity index (χ1) is 17.8. The maximum Gasteiger partial charge on any atom is 0.335 e. The lowest BCUT2D eigenvalue weighted by Gasteiger charge is -2.23. The summed E-state index contributed by atoms with van der Waals surface area (Å²) in [6.07, 6.45) is 1.61. The molecule has 9 heteroatoms. The van der Waals surface area contributed by atoms with Crippen LogP contribution in [0.3, 0.4) is 0 Å². The predicted octanol–water partition coefficient (Wildman–Crippen LogP) is 4.68. The number of benzene rings is 3. The molecule has 37 heavy (non-hydrogen) atoms. The zero-order valence-electron chi connectivity index (χ0n) is 19.5. The fraction of sp³-hybridized carbons (Fsp3) is 0.0714. The number of hydrogen-bond acceptors (Lipinski definition) is 5. The second-order valence-electron chi connectivity index (χ2n) is 8.93. The largest absolute Gasteiger partial charge is 0.507 e. The third kappa shape index (κ3) is 3.48. The molecule has 9 nitrogen and oxygen atoms in total. The second-order valence-corrected chi connectivity index (χ2v) is 8.93. The minimum atomic E-state index is -1.10. The van der Waals surface area contributed by atoms with Crippen LogP contribution in [0.4, 0.5) is 5.95 Å². The number of anilines is 1. The van der Waals surface area contributed by atoms with Gasteiger partial charge in [-0.05, 0) is 36.8 Å². The normalized spacial score (nSPS) is 17.2. The summed E-state index contributed by atoms with van der Waals surface area (Å²) in [7, 11) is 0. The van der Waals surface area contributed by atoms with E-state index in [9.17, 15) is 24.6 Å². The van der Waals surface area contributed by atoms with Crippen molar-refractivity contribution in [3.63, 3.8) is 0 Å². The van der Waals surface area contributed by atoms with Gasteiger partial charge in [0.1, 0.15) is 5.76 Å². The highest BCUT2D eigenvalue weighted by Crippen LogP contribution is 2.42. The number of H-pyrrole nitrogens is 2. The molecule has 1 atom stereocenters. The summed E-state index contributed by atoms with van der Waals surface area (Å²) in [5.41, 5.74) is 3.53. The van der Waals surface area contributed by atoms with Crippen LogP contribution in [0.5, 0.6) is 0 Å². The Morgan fingerprint density at radius 3 is 2.57 bits per heavy atom. The van der Waals surface area contributed by atoms with Gasteiger partial charge in [0.2, 0.25) is 5.95 Å². The summed E-state index contributed by atoms with van der Waals surface area (Å²) in [6.45, 7) is 1.89. The highest BCUT2D eigenvalue weighted by molar-refractivity contribution is 6.51. The summed E-state index contributed by atoms with van der Waals surface area (Å²) < 4.78 is 0. The Morgan fingerprint density at radius 1 is 0.973 bits per heavy atom. The molecule has 0 spiro atoms. The summed E-state index contributed by atoms with van der Waals surface area (Å²) in [5.74, 6) is -3.03.